The van der Waals surface area contributed by atoms with Gasteiger partial charge in [0.25, 0.3) is 0 Å². The molecule has 0 spiro atoms. The van der Waals surface area contributed by atoms with Crippen LogP contribution in [0, 0.1) is 6.92 Å². The highest BCUT2D eigenvalue weighted by Crippen LogP contribution is 2.19. The third-order valence-electron chi connectivity index (χ3n) is 4.72. The number of nitrogens with zero attached hydrogens (tertiary/aromatic N) is 1. The number of carbonyl (C=O) groups is 2. The van der Waals surface area contributed by atoms with Gasteiger partial charge in [0.05, 0.1) is 7.11 Å². The molecule has 3 aromatic rings. The molecule has 27 heavy (non-hydrogen) atoms. The summed E-state index contributed by atoms with van der Waals surface area (Å²) in [6.07, 6.45) is 2.69. The number of methoxy groups -OCH3 is 1. The summed E-state index contributed by atoms with van der Waals surface area (Å²) in [7, 11) is 1.33. The van der Waals surface area contributed by atoms with Crippen molar-refractivity contribution in [1.29, 1.82) is 0 Å². The van der Waals surface area contributed by atoms with Gasteiger partial charge in [-0.15, -0.1) is 0 Å². The van der Waals surface area contributed by atoms with Crippen molar-refractivity contribution in [3.63, 3.8) is 0 Å². The van der Waals surface area contributed by atoms with Gasteiger partial charge in [-0.1, -0.05) is 42.5 Å². The van der Waals surface area contributed by atoms with Gasteiger partial charge in [-0.05, 0) is 30.2 Å². The van der Waals surface area contributed by atoms with Crippen molar-refractivity contribution in [2.45, 2.75) is 32.4 Å². The maximum absolute atomic E-state index is 12.4. The number of ether oxygens (including phenoxy) is 1. The number of amides is 1. The van der Waals surface area contributed by atoms with Crippen LogP contribution in [0.3, 0.4) is 0 Å². The minimum absolute atomic E-state index is 0.171. The number of esters is 1. The van der Waals surface area contributed by atoms with E-state index in [2.05, 4.69) is 28.9 Å². The van der Waals surface area contributed by atoms with E-state index in [1.807, 2.05) is 48.7 Å². The van der Waals surface area contributed by atoms with E-state index in [9.17, 15) is 9.59 Å². The average Bonchev–Trinajstić information content (AvgIpc) is 3.10. The van der Waals surface area contributed by atoms with Crippen LogP contribution in [0.1, 0.15) is 17.5 Å². The first-order valence-electron chi connectivity index (χ1n) is 9.04. The molecule has 140 valence electrons. The van der Waals surface area contributed by atoms with E-state index in [1.54, 1.807) is 0 Å². The first kappa shape index (κ1) is 18.7. The van der Waals surface area contributed by atoms with E-state index >= 15 is 0 Å². The van der Waals surface area contributed by atoms with Crippen LogP contribution >= 0.6 is 0 Å². The number of aromatic nitrogens is 1. The molecule has 1 aromatic heterocycles. The third-order valence-corrected chi connectivity index (χ3v) is 4.72. The van der Waals surface area contributed by atoms with Gasteiger partial charge >= 0.3 is 5.97 Å². The first-order valence-corrected chi connectivity index (χ1v) is 9.04. The quantitative estimate of drug-likeness (QED) is 0.655. The predicted octanol–water partition coefficient (Wildman–Crippen LogP) is 3.24. The summed E-state index contributed by atoms with van der Waals surface area (Å²) in [5, 5.41) is 4.00. The summed E-state index contributed by atoms with van der Waals surface area (Å²) in [5.74, 6) is -0.606. The SMILES string of the molecule is COC(=O)[C@H](Cc1ccccc1)NC(=O)CCn1ccc2c(C)cccc21. The Morgan fingerprint density at radius 2 is 1.85 bits per heavy atom. The second-order valence-corrected chi connectivity index (χ2v) is 6.60. The van der Waals surface area contributed by atoms with Crippen molar-refractivity contribution in [3.05, 3.63) is 71.9 Å². The molecule has 0 radical (unpaired) electrons. The third kappa shape index (κ3) is 4.56. The molecule has 0 aliphatic rings. The molecule has 0 fully saturated rings. The first-order chi connectivity index (χ1) is 13.1. The number of aryl methyl sites for hydroxylation is 2. The number of rotatable bonds is 7. The average molecular weight is 364 g/mol. The van der Waals surface area contributed by atoms with Gasteiger partial charge in [-0.2, -0.15) is 0 Å². The summed E-state index contributed by atoms with van der Waals surface area (Å²) in [4.78, 5) is 24.5. The molecule has 0 unspecified atom stereocenters. The maximum Gasteiger partial charge on any atom is 0.328 e. The lowest BCUT2D eigenvalue weighted by Gasteiger charge is -2.17. The molecule has 0 saturated heterocycles. The zero-order valence-electron chi connectivity index (χ0n) is 15.6. The van der Waals surface area contributed by atoms with Gasteiger partial charge in [0.15, 0.2) is 0 Å². The highest BCUT2D eigenvalue weighted by molar-refractivity contribution is 5.85. The predicted molar refractivity (Wildman–Crippen MR) is 105 cm³/mol. The van der Waals surface area contributed by atoms with Gasteiger partial charge in [0.1, 0.15) is 6.04 Å². The number of carbonyl (C=O) groups excluding carboxylic acids is 2. The Morgan fingerprint density at radius 1 is 1.07 bits per heavy atom. The van der Waals surface area contributed by atoms with Crippen LogP contribution in [0.4, 0.5) is 0 Å². The highest BCUT2D eigenvalue weighted by Gasteiger charge is 2.21. The number of hydrogen-bond donors (Lipinski definition) is 1. The Labute approximate surface area is 158 Å². The highest BCUT2D eigenvalue weighted by atomic mass is 16.5. The van der Waals surface area contributed by atoms with Crippen LogP contribution in [0.2, 0.25) is 0 Å². The van der Waals surface area contributed by atoms with Crippen LogP contribution in [0.15, 0.2) is 60.8 Å². The zero-order valence-corrected chi connectivity index (χ0v) is 15.6. The molecule has 0 aliphatic carbocycles. The molecule has 5 nitrogen and oxygen atoms in total. The van der Waals surface area contributed by atoms with Gasteiger partial charge in [-0.25, -0.2) is 4.79 Å². The molecule has 1 heterocycles. The van der Waals surface area contributed by atoms with Crippen molar-refractivity contribution in [3.8, 4) is 0 Å². The van der Waals surface area contributed by atoms with E-state index in [1.165, 1.54) is 18.1 Å². The van der Waals surface area contributed by atoms with Crippen molar-refractivity contribution < 1.29 is 14.3 Å². The fourth-order valence-corrected chi connectivity index (χ4v) is 3.25. The molecule has 0 saturated carbocycles. The fraction of sp³-hybridized carbons (Fsp3) is 0.273. The molecule has 1 amide bonds. The van der Waals surface area contributed by atoms with Gasteiger partial charge in [-0.3, -0.25) is 4.79 Å². The summed E-state index contributed by atoms with van der Waals surface area (Å²) in [5.41, 5.74) is 3.29. The van der Waals surface area contributed by atoms with Crippen molar-refractivity contribution in [1.82, 2.24) is 9.88 Å². The van der Waals surface area contributed by atoms with Crippen molar-refractivity contribution in [2.75, 3.05) is 7.11 Å². The lowest BCUT2D eigenvalue weighted by atomic mass is 10.1. The lowest BCUT2D eigenvalue weighted by Crippen LogP contribution is -2.43. The Kier molecular flexibility index (Phi) is 5.91. The van der Waals surface area contributed by atoms with Crippen LogP contribution in [-0.2, 0) is 27.3 Å². The van der Waals surface area contributed by atoms with Gasteiger partial charge < -0.3 is 14.6 Å². The second kappa shape index (κ2) is 8.54. The minimum Gasteiger partial charge on any atom is -0.467 e. The molecular weight excluding hydrogens is 340 g/mol. The maximum atomic E-state index is 12.4. The van der Waals surface area contributed by atoms with E-state index in [0.717, 1.165) is 11.1 Å². The molecule has 2 aromatic carbocycles. The Bertz CT molecular complexity index is 931. The number of fused-ring (bicyclic) bond motifs is 1. The van der Waals surface area contributed by atoms with Crippen LogP contribution < -0.4 is 5.32 Å². The normalized spacial score (nSPS) is 11.9. The molecule has 0 bridgehead atoms. The van der Waals surface area contributed by atoms with Crippen molar-refractivity contribution >= 4 is 22.8 Å². The fourth-order valence-electron chi connectivity index (χ4n) is 3.25. The van der Waals surface area contributed by atoms with Gasteiger partial charge in [0.2, 0.25) is 5.91 Å². The Hall–Kier alpha value is -3.08. The zero-order chi connectivity index (χ0) is 19.2. The molecule has 0 aliphatic heterocycles. The number of benzene rings is 2. The van der Waals surface area contributed by atoms with Crippen LogP contribution in [-0.4, -0.2) is 29.6 Å². The van der Waals surface area contributed by atoms with E-state index in [4.69, 9.17) is 4.74 Å². The summed E-state index contributed by atoms with van der Waals surface area (Å²) in [6, 6.07) is 17.1. The lowest BCUT2D eigenvalue weighted by molar-refractivity contribution is -0.145. The van der Waals surface area contributed by atoms with Crippen LogP contribution in [0.25, 0.3) is 10.9 Å². The summed E-state index contributed by atoms with van der Waals surface area (Å²) < 4.78 is 6.91. The molecular formula is C22H24N2O3. The largest absolute Gasteiger partial charge is 0.467 e. The smallest absolute Gasteiger partial charge is 0.328 e. The standard InChI is InChI=1S/C22H24N2O3/c1-16-7-6-10-20-18(16)11-13-24(20)14-12-21(25)23-19(22(26)27-2)15-17-8-4-3-5-9-17/h3-11,13,19H,12,14-15H2,1-2H3,(H,23,25)/t19-/m0/s1. The van der Waals surface area contributed by atoms with E-state index < -0.39 is 12.0 Å². The topological polar surface area (TPSA) is 60.3 Å². The number of hydrogen-bond acceptors (Lipinski definition) is 3. The minimum atomic E-state index is -0.687. The molecule has 5 heteroatoms. The summed E-state index contributed by atoms with van der Waals surface area (Å²) in [6.45, 7) is 2.63. The molecule has 1 atom stereocenters. The monoisotopic (exact) mass is 364 g/mol. The van der Waals surface area contributed by atoms with E-state index in [-0.39, 0.29) is 5.91 Å². The Morgan fingerprint density at radius 3 is 2.59 bits per heavy atom. The second-order valence-electron chi connectivity index (χ2n) is 6.60. The molecule has 3 rings (SSSR count). The van der Waals surface area contributed by atoms with E-state index in [0.29, 0.717) is 19.4 Å². The van der Waals surface area contributed by atoms with Crippen LogP contribution in [0.5, 0.6) is 0 Å². The molecule has 1 N–H and O–H groups in total. The Balaban J connectivity index is 1.63. The summed E-state index contributed by atoms with van der Waals surface area (Å²) >= 11 is 0. The number of nitrogens with one attached hydrogen (secondary N) is 1. The van der Waals surface area contributed by atoms with Crippen molar-refractivity contribution in [2.24, 2.45) is 0 Å². The van der Waals surface area contributed by atoms with Gasteiger partial charge in [0, 0.05) is 36.5 Å².